The summed E-state index contributed by atoms with van der Waals surface area (Å²) in [5.74, 6) is -0.0360. The predicted octanol–water partition coefficient (Wildman–Crippen LogP) is 0.791. The first kappa shape index (κ1) is 31.5. The van der Waals surface area contributed by atoms with Crippen LogP contribution in [0.4, 0.5) is 0 Å². The lowest BCUT2D eigenvalue weighted by Gasteiger charge is -2.09. The second kappa shape index (κ2) is 21.7. The molecule has 0 saturated carbocycles. The summed E-state index contributed by atoms with van der Waals surface area (Å²) in [6, 6.07) is 0. The van der Waals surface area contributed by atoms with Gasteiger partial charge in [-0.2, -0.15) is 0 Å². The predicted molar refractivity (Wildman–Crippen MR) is 135 cm³/mol. The summed E-state index contributed by atoms with van der Waals surface area (Å²) in [5.41, 5.74) is 5.10. The average molecular weight is 538 g/mol. The van der Waals surface area contributed by atoms with Crippen molar-refractivity contribution in [2.75, 3.05) is 65.0 Å². The third-order valence-corrected chi connectivity index (χ3v) is 7.76. The van der Waals surface area contributed by atoms with Gasteiger partial charge in [-0.25, -0.2) is 0 Å². The highest BCUT2D eigenvalue weighted by molar-refractivity contribution is 8.77. The SMILES string of the molecule is NCC(=O)OCCOCCOCCNC(=O)CCC(=O)OCCNC(=O)CCCCC1CCSS1. The van der Waals surface area contributed by atoms with Gasteiger partial charge in [-0.1, -0.05) is 28.0 Å². The zero-order valence-electron chi connectivity index (χ0n) is 20.3. The number of nitrogens with two attached hydrogens (primary N) is 1. The van der Waals surface area contributed by atoms with E-state index in [1.807, 2.05) is 21.6 Å². The number of hydrogen-bond donors (Lipinski definition) is 3. The van der Waals surface area contributed by atoms with Gasteiger partial charge in [0.2, 0.25) is 11.8 Å². The van der Waals surface area contributed by atoms with Crippen molar-refractivity contribution in [3.63, 3.8) is 0 Å². The van der Waals surface area contributed by atoms with Gasteiger partial charge in [0.1, 0.15) is 13.2 Å². The zero-order valence-corrected chi connectivity index (χ0v) is 21.9. The number of esters is 2. The Morgan fingerprint density at radius 3 is 2.14 bits per heavy atom. The number of unbranched alkanes of at least 4 members (excludes halogenated alkanes) is 1. The van der Waals surface area contributed by atoms with Gasteiger partial charge in [-0.15, -0.1) is 0 Å². The summed E-state index contributed by atoms with van der Waals surface area (Å²) in [4.78, 5) is 46.1. The normalized spacial score (nSPS) is 14.9. The van der Waals surface area contributed by atoms with Crippen LogP contribution in [0.2, 0.25) is 0 Å². The van der Waals surface area contributed by atoms with Crippen LogP contribution in [0.25, 0.3) is 0 Å². The molecule has 0 bridgehead atoms. The summed E-state index contributed by atoms with van der Waals surface area (Å²) < 4.78 is 20.3. The lowest BCUT2D eigenvalue weighted by molar-refractivity contribution is -0.145. The lowest BCUT2D eigenvalue weighted by Crippen LogP contribution is -2.29. The van der Waals surface area contributed by atoms with E-state index in [0.29, 0.717) is 32.8 Å². The lowest BCUT2D eigenvalue weighted by atomic mass is 10.1. The molecule has 11 nitrogen and oxygen atoms in total. The fourth-order valence-corrected chi connectivity index (χ4v) is 5.93. The Labute approximate surface area is 215 Å². The van der Waals surface area contributed by atoms with Gasteiger partial charge in [-0.3, -0.25) is 19.2 Å². The topological polar surface area (TPSA) is 155 Å². The van der Waals surface area contributed by atoms with Gasteiger partial charge in [0.15, 0.2) is 0 Å². The Bertz CT molecular complexity index is 622. The van der Waals surface area contributed by atoms with Crippen molar-refractivity contribution < 1.29 is 38.1 Å². The Morgan fingerprint density at radius 2 is 1.43 bits per heavy atom. The molecular weight excluding hydrogens is 498 g/mol. The molecule has 1 saturated heterocycles. The zero-order chi connectivity index (χ0) is 25.6. The summed E-state index contributed by atoms with van der Waals surface area (Å²) >= 11 is 0. The second-order valence-corrected chi connectivity index (χ2v) is 10.4. The van der Waals surface area contributed by atoms with Crippen molar-refractivity contribution >= 4 is 45.3 Å². The molecule has 1 atom stereocenters. The minimum absolute atomic E-state index is 0.0214. The molecule has 35 heavy (non-hydrogen) atoms. The van der Waals surface area contributed by atoms with Crippen LogP contribution in [0.15, 0.2) is 0 Å². The van der Waals surface area contributed by atoms with Crippen molar-refractivity contribution in [3.8, 4) is 0 Å². The van der Waals surface area contributed by atoms with E-state index in [2.05, 4.69) is 10.6 Å². The molecule has 13 heteroatoms. The van der Waals surface area contributed by atoms with Crippen molar-refractivity contribution in [2.24, 2.45) is 5.73 Å². The van der Waals surface area contributed by atoms with Crippen LogP contribution in [-0.2, 0) is 38.1 Å². The summed E-state index contributed by atoms with van der Waals surface area (Å²) in [5, 5.41) is 6.13. The summed E-state index contributed by atoms with van der Waals surface area (Å²) in [7, 11) is 3.89. The van der Waals surface area contributed by atoms with E-state index in [4.69, 9.17) is 24.7 Å². The van der Waals surface area contributed by atoms with E-state index in [9.17, 15) is 19.2 Å². The van der Waals surface area contributed by atoms with Gasteiger partial charge in [0.25, 0.3) is 0 Å². The Hall–Kier alpha value is -1.54. The van der Waals surface area contributed by atoms with E-state index < -0.39 is 11.9 Å². The standard InChI is InChI=1S/C22H39N3O8S2/c23-17-22(29)33-15-14-31-13-12-30-10-8-24-20(27)5-6-21(28)32-11-9-25-19(26)4-2-1-3-18-7-16-34-35-18/h18H,1-17,23H2,(H,24,27)(H,25,26). The quantitative estimate of drug-likeness (QED) is 0.108. The molecular formula is C22H39N3O8S2. The van der Waals surface area contributed by atoms with Crippen LogP contribution >= 0.6 is 21.6 Å². The van der Waals surface area contributed by atoms with Gasteiger partial charge in [0.05, 0.1) is 45.9 Å². The van der Waals surface area contributed by atoms with Gasteiger partial charge >= 0.3 is 11.9 Å². The fraction of sp³-hybridized carbons (Fsp3) is 0.818. The van der Waals surface area contributed by atoms with Crippen LogP contribution in [0, 0.1) is 0 Å². The maximum absolute atomic E-state index is 11.8. The maximum atomic E-state index is 11.8. The van der Waals surface area contributed by atoms with Gasteiger partial charge in [0, 0.05) is 30.4 Å². The minimum atomic E-state index is -0.480. The molecule has 2 amide bonds. The molecule has 0 aromatic carbocycles. The molecule has 0 spiro atoms. The molecule has 0 aromatic rings. The fourth-order valence-electron chi connectivity index (χ4n) is 2.90. The molecule has 202 valence electrons. The molecule has 0 aliphatic carbocycles. The van der Waals surface area contributed by atoms with E-state index >= 15 is 0 Å². The molecule has 0 aromatic heterocycles. The molecule has 4 N–H and O–H groups in total. The highest BCUT2D eigenvalue weighted by atomic mass is 33.1. The highest BCUT2D eigenvalue weighted by Gasteiger charge is 2.15. The Balaban J connectivity index is 1.84. The first-order chi connectivity index (χ1) is 17.0. The minimum Gasteiger partial charge on any atom is -0.464 e. The van der Waals surface area contributed by atoms with Gasteiger partial charge < -0.3 is 35.3 Å². The van der Waals surface area contributed by atoms with Crippen LogP contribution in [0.1, 0.15) is 44.9 Å². The van der Waals surface area contributed by atoms with Crippen LogP contribution < -0.4 is 16.4 Å². The van der Waals surface area contributed by atoms with Gasteiger partial charge in [-0.05, 0) is 19.3 Å². The van der Waals surface area contributed by atoms with Crippen LogP contribution in [0.5, 0.6) is 0 Å². The molecule has 0 radical (unpaired) electrons. The van der Waals surface area contributed by atoms with E-state index in [1.54, 1.807) is 0 Å². The van der Waals surface area contributed by atoms with Crippen molar-refractivity contribution in [1.29, 1.82) is 0 Å². The van der Waals surface area contributed by atoms with Crippen molar-refractivity contribution in [3.05, 3.63) is 0 Å². The third-order valence-electron chi connectivity index (χ3n) is 4.75. The van der Waals surface area contributed by atoms with Crippen molar-refractivity contribution in [1.82, 2.24) is 10.6 Å². The number of amides is 2. The number of ether oxygens (including phenoxy) is 4. The number of nitrogens with one attached hydrogen (secondary N) is 2. The highest BCUT2D eigenvalue weighted by Crippen LogP contribution is 2.39. The number of rotatable bonds is 21. The number of carbonyl (C=O) groups excluding carboxylic acids is 4. The second-order valence-electron chi connectivity index (χ2n) is 7.64. The average Bonchev–Trinajstić information content (AvgIpc) is 3.37. The first-order valence-electron chi connectivity index (χ1n) is 12.0. The monoisotopic (exact) mass is 537 g/mol. The molecule has 1 heterocycles. The Kier molecular flexibility index (Phi) is 19.5. The van der Waals surface area contributed by atoms with Crippen LogP contribution in [-0.4, -0.2) is 94.0 Å². The number of carbonyl (C=O) groups is 4. The summed E-state index contributed by atoms with van der Waals surface area (Å²) in [6.45, 7) is 1.89. The molecule has 1 aliphatic heterocycles. The van der Waals surface area contributed by atoms with E-state index in [-0.39, 0.29) is 57.6 Å². The first-order valence-corrected chi connectivity index (χ1v) is 14.4. The van der Waals surface area contributed by atoms with Crippen molar-refractivity contribution in [2.45, 2.75) is 50.2 Å². The molecule has 1 fully saturated rings. The van der Waals surface area contributed by atoms with E-state index in [1.165, 1.54) is 12.2 Å². The third kappa shape index (κ3) is 19.3. The van der Waals surface area contributed by atoms with E-state index in [0.717, 1.165) is 24.5 Å². The molecule has 1 unspecified atom stereocenters. The maximum Gasteiger partial charge on any atom is 0.319 e. The smallest absolute Gasteiger partial charge is 0.319 e. The number of hydrogen-bond acceptors (Lipinski definition) is 11. The summed E-state index contributed by atoms with van der Waals surface area (Å²) in [6.07, 6.45) is 4.83. The molecule has 1 rings (SSSR count). The molecule has 1 aliphatic rings. The van der Waals surface area contributed by atoms with Crippen LogP contribution in [0.3, 0.4) is 0 Å². The largest absolute Gasteiger partial charge is 0.464 e. The Morgan fingerprint density at radius 1 is 0.771 bits per heavy atom.